The smallest absolute Gasteiger partial charge is 0.246 e. The molecule has 0 spiro atoms. The Morgan fingerprint density at radius 3 is 2.50 bits per heavy atom. The van der Waals surface area contributed by atoms with Gasteiger partial charge in [-0.25, -0.2) is 13.1 Å². The molecule has 0 aliphatic heterocycles. The molecule has 0 saturated carbocycles. The molecule has 0 radical (unpaired) electrons. The van der Waals surface area contributed by atoms with E-state index >= 15 is 0 Å². The minimum Gasteiger partial charge on any atom is -0.381 e. The second-order valence-corrected chi connectivity index (χ2v) is 6.28. The summed E-state index contributed by atoms with van der Waals surface area (Å²) in [7, 11) is -3.65. The molecule has 2 rings (SSSR count). The minimum atomic E-state index is -3.65. The maximum atomic E-state index is 12.2. The van der Waals surface area contributed by atoms with Gasteiger partial charge in [0, 0.05) is 19.3 Å². The quantitative estimate of drug-likeness (QED) is 0.869. The van der Waals surface area contributed by atoms with Crippen LogP contribution < -0.4 is 10.5 Å². The molecule has 1 aromatic carbocycles. The number of nitrogen functional groups attached to an aromatic ring is 1. The van der Waals surface area contributed by atoms with E-state index in [1.165, 1.54) is 10.9 Å². The summed E-state index contributed by atoms with van der Waals surface area (Å²) in [5.41, 5.74) is 7.66. The van der Waals surface area contributed by atoms with E-state index in [0.29, 0.717) is 6.54 Å². The Hall–Kier alpha value is -1.86. The molecule has 0 atom stereocenters. The van der Waals surface area contributed by atoms with Crippen molar-refractivity contribution < 1.29 is 8.42 Å². The van der Waals surface area contributed by atoms with Crippen LogP contribution in [0, 0.1) is 6.92 Å². The zero-order chi connectivity index (χ0) is 14.8. The van der Waals surface area contributed by atoms with Crippen LogP contribution >= 0.6 is 0 Å². The normalized spacial score (nSPS) is 11.7. The summed E-state index contributed by atoms with van der Waals surface area (Å²) in [6.45, 7) is 4.63. The molecule has 6 nitrogen and oxygen atoms in total. The predicted octanol–water partition coefficient (Wildman–Crippen LogP) is 1.27. The number of hydrogen-bond acceptors (Lipinski definition) is 4. The molecule has 3 N–H and O–H groups in total. The maximum Gasteiger partial charge on any atom is 0.246 e. The molecule has 0 aliphatic rings. The van der Waals surface area contributed by atoms with Crippen molar-refractivity contribution >= 4 is 15.8 Å². The summed E-state index contributed by atoms with van der Waals surface area (Å²) in [4.78, 5) is 0.0199. The number of nitrogens with one attached hydrogen (secondary N) is 1. The van der Waals surface area contributed by atoms with Gasteiger partial charge in [-0.05, 0) is 19.4 Å². The van der Waals surface area contributed by atoms with Gasteiger partial charge in [-0.2, -0.15) is 5.10 Å². The Kier molecular flexibility index (Phi) is 4.10. The van der Waals surface area contributed by atoms with Gasteiger partial charge in [-0.1, -0.05) is 29.8 Å². The van der Waals surface area contributed by atoms with Crippen LogP contribution in [0.4, 0.5) is 5.82 Å². The van der Waals surface area contributed by atoms with E-state index in [-0.39, 0.29) is 17.3 Å². The fourth-order valence-corrected chi connectivity index (χ4v) is 2.84. The van der Waals surface area contributed by atoms with Crippen molar-refractivity contribution in [2.75, 3.05) is 5.73 Å². The summed E-state index contributed by atoms with van der Waals surface area (Å²) in [6.07, 6.45) is 1.44. The Balaban J connectivity index is 2.14. The number of rotatable bonds is 5. The lowest BCUT2D eigenvalue weighted by Gasteiger charge is -2.05. The number of aryl methyl sites for hydroxylation is 2. The minimum absolute atomic E-state index is 0.0169. The summed E-state index contributed by atoms with van der Waals surface area (Å²) in [5.74, 6) is 0.0169. The lowest BCUT2D eigenvalue weighted by Crippen LogP contribution is -2.23. The highest BCUT2D eigenvalue weighted by Crippen LogP contribution is 2.16. The van der Waals surface area contributed by atoms with Gasteiger partial charge < -0.3 is 5.73 Å². The largest absolute Gasteiger partial charge is 0.381 e. The molecule has 20 heavy (non-hydrogen) atoms. The van der Waals surface area contributed by atoms with Gasteiger partial charge >= 0.3 is 0 Å². The van der Waals surface area contributed by atoms with Crippen LogP contribution in [0.5, 0.6) is 0 Å². The standard InChI is InChI=1S/C13H18N4O2S/c1-3-17-9-12(13(14)16-17)20(18,19)15-8-11-6-4-10(2)5-7-11/h4-7,9,15H,3,8H2,1-2H3,(H2,14,16). The highest BCUT2D eigenvalue weighted by atomic mass is 32.2. The van der Waals surface area contributed by atoms with Crippen molar-refractivity contribution in [1.82, 2.24) is 14.5 Å². The zero-order valence-electron chi connectivity index (χ0n) is 11.5. The van der Waals surface area contributed by atoms with E-state index in [1.807, 2.05) is 38.1 Å². The summed E-state index contributed by atoms with van der Waals surface area (Å²) in [5, 5.41) is 3.94. The molecule has 0 unspecified atom stereocenters. The summed E-state index contributed by atoms with van der Waals surface area (Å²) in [6, 6.07) is 7.65. The van der Waals surface area contributed by atoms with E-state index in [2.05, 4.69) is 9.82 Å². The van der Waals surface area contributed by atoms with Gasteiger partial charge in [0.2, 0.25) is 10.0 Å². The molecular weight excluding hydrogens is 276 g/mol. The Bertz CT molecular complexity index is 690. The number of nitrogens with two attached hydrogens (primary N) is 1. The van der Waals surface area contributed by atoms with Gasteiger partial charge in [0.1, 0.15) is 4.90 Å². The number of benzene rings is 1. The molecular formula is C13H18N4O2S. The van der Waals surface area contributed by atoms with Crippen LogP contribution in [-0.2, 0) is 23.1 Å². The second-order valence-electron chi connectivity index (χ2n) is 4.54. The molecule has 0 amide bonds. The van der Waals surface area contributed by atoms with Crippen molar-refractivity contribution in [3.05, 3.63) is 41.6 Å². The van der Waals surface area contributed by atoms with Crippen LogP contribution in [0.2, 0.25) is 0 Å². The van der Waals surface area contributed by atoms with Gasteiger partial charge in [0.05, 0.1) is 0 Å². The van der Waals surface area contributed by atoms with Gasteiger partial charge in [-0.3, -0.25) is 4.68 Å². The first-order chi connectivity index (χ1) is 9.42. The second kappa shape index (κ2) is 5.64. The lowest BCUT2D eigenvalue weighted by atomic mass is 10.2. The molecule has 2 aromatic rings. The Morgan fingerprint density at radius 1 is 1.30 bits per heavy atom. The molecule has 0 saturated heterocycles. The van der Waals surface area contributed by atoms with E-state index in [0.717, 1.165) is 11.1 Å². The number of hydrogen-bond donors (Lipinski definition) is 2. The van der Waals surface area contributed by atoms with Gasteiger partial charge in [0.25, 0.3) is 0 Å². The monoisotopic (exact) mass is 294 g/mol. The third kappa shape index (κ3) is 3.17. The number of sulfonamides is 1. The molecule has 0 aliphatic carbocycles. The van der Waals surface area contributed by atoms with Crippen molar-refractivity contribution in [1.29, 1.82) is 0 Å². The molecule has 7 heteroatoms. The van der Waals surface area contributed by atoms with Crippen molar-refractivity contribution in [2.24, 2.45) is 0 Å². The van der Waals surface area contributed by atoms with Gasteiger partial charge in [-0.15, -0.1) is 0 Å². The Labute approximate surface area is 118 Å². The van der Waals surface area contributed by atoms with Crippen molar-refractivity contribution in [3.8, 4) is 0 Å². The fourth-order valence-electron chi connectivity index (χ4n) is 1.75. The average Bonchev–Trinajstić information content (AvgIpc) is 2.80. The van der Waals surface area contributed by atoms with Crippen LogP contribution in [0.15, 0.2) is 35.4 Å². The first kappa shape index (κ1) is 14.5. The van der Waals surface area contributed by atoms with Crippen LogP contribution in [0.1, 0.15) is 18.1 Å². The number of nitrogens with zero attached hydrogens (tertiary/aromatic N) is 2. The van der Waals surface area contributed by atoms with Crippen LogP contribution in [-0.4, -0.2) is 18.2 Å². The summed E-state index contributed by atoms with van der Waals surface area (Å²) < 4.78 is 28.4. The topological polar surface area (TPSA) is 90.0 Å². The molecule has 108 valence electrons. The highest BCUT2D eigenvalue weighted by Gasteiger charge is 2.20. The maximum absolute atomic E-state index is 12.2. The first-order valence-electron chi connectivity index (χ1n) is 6.30. The van der Waals surface area contributed by atoms with Crippen molar-refractivity contribution in [2.45, 2.75) is 31.8 Å². The molecule has 1 aromatic heterocycles. The highest BCUT2D eigenvalue weighted by molar-refractivity contribution is 7.89. The van der Waals surface area contributed by atoms with Crippen LogP contribution in [0.25, 0.3) is 0 Å². The van der Waals surface area contributed by atoms with E-state index < -0.39 is 10.0 Å². The lowest BCUT2D eigenvalue weighted by molar-refractivity contribution is 0.581. The Morgan fingerprint density at radius 2 is 1.95 bits per heavy atom. The molecule has 0 bridgehead atoms. The predicted molar refractivity (Wildman–Crippen MR) is 77.5 cm³/mol. The fraction of sp³-hybridized carbons (Fsp3) is 0.308. The average molecular weight is 294 g/mol. The number of anilines is 1. The zero-order valence-corrected chi connectivity index (χ0v) is 12.3. The first-order valence-corrected chi connectivity index (χ1v) is 7.79. The SMILES string of the molecule is CCn1cc(S(=O)(=O)NCc2ccc(C)cc2)c(N)n1. The number of aromatic nitrogens is 2. The van der Waals surface area contributed by atoms with E-state index in [4.69, 9.17) is 5.73 Å². The third-order valence-corrected chi connectivity index (χ3v) is 4.37. The third-order valence-electron chi connectivity index (χ3n) is 2.96. The van der Waals surface area contributed by atoms with Crippen molar-refractivity contribution in [3.63, 3.8) is 0 Å². The van der Waals surface area contributed by atoms with E-state index in [1.54, 1.807) is 0 Å². The molecule has 1 heterocycles. The van der Waals surface area contributed by atoms with Crippen LogP contribution in [0.3, 0.4) is 0 Å². The van der Waals surface area contributed by atoms with E-state index in [9.17, 15) is 8.42 Å². The molecule has 0 fully saturated rings. The summed E-state index contributed by atoms with van der Waals surface area (Å²) >= 11 is 0. The van der Waals surface area contributed by atoms with Gasteiger partial charge in [0.15, 0.2) is 5.82 Å².